The molecule has 0 aliphatic carbocycles. The Bertz CT molecular complexity index is 551. The molecule has 0 saturated carbocycles. The van der Waals surface area contributed by atoms with Gasteiger partial charge in [0, 0.05) is 6.54 Å². The predicted molar refractivity (Wildman–Crippen MR) is 81.0 cm³/mol. The molecule has 0 spiro atoms. The van der Waals surface area contributed by atoms with Crippen LogP contribution in [0.2, 0.25) is 0 Å². The predicted octanol–water partition coefficient (Wildman–Crippen LogP) is 2.64. The lowest BCUT2D eigenvalue weighted by Crippen LogP contribution is -2.56. The SMILES string of the molecule is Cc1ccccc1CC(=O)N1CCCC(C)(C)C1C(=O)O. The number of rotatable bonds is 3. The summed E-state index contributed by atoms with van der Waals surface area (Å²) in [6.45, 7) is 6.36. The number of carboxylic acids is 1. The summed E-state index contributed by atoms with van der Waals surface area (Å²) in [5, 5.41) is 9.52. The Labute approximate surface area is 125 Å². The maximum Gasteiger partial charge on any atom is 0.326 e. The molecule has 0 aromatic heterocycles. The fourth-order valence-electron chi connectivity index (χ4n) is 3.20. The van der Waals surface area contributed by atoms with Crippen LogP contribution in [0.1, 0.15) is 37.8 Å². The van der Waals surface area contributed by atoms with Crippen LogP contribution in [0.3, 0.4) is 0 Å². The van der Waals surface area contributed by atoms with Gasteiger partial charge >= 0.3 is 5.97 Å². The van der Waals surface area contributed by atoms with Gasteiger partial charge in [-0.2, -0.15) is 0 Å². The maximum absolute atomic E-state index is 12.6. The fourth-order valence-corrected chi connectivity index (χ4v) is 3.20. The van der Waals surface area contributed by atoms with Crippen LogP contribution < -0.4 is 0 Å². The van der Waals surface area contributed by atoms with E-state index in [4.69, 9.17) is 0 Å². The summed E-state index contributed by atoms with van der Waals surface area (Å²) >= 11 is 0. The van der Waals surface area contributed by atoms with Gasteiger partial charge in [0.05, 0.1) is 6.42 Å². The smallest absolute Gasteiger partial charge is 0.326 e. The first-order valence-corrected chi connectivity index (χ1v) is 7.40. The number of aliphatic carboxylic acids is 1. The molecule has 1 aliphatic rings. The van der Waals surface area contributed by atoms with E-state index in [1.54, 1.807) is 4.90 Å². The highest BCUT2D eigenvalue weighted by Crippen LogP contribution is 2.35. The van der Waals surface area contributed by atoms with Crippen LogP contribution in [0, 0.1) is 12.3 Å². The van der Waals surface area contributed by atoms with Gasteiger partial charge in [0.1, 0.15) is 6.04 Å². The second-order valence-corrected chi connectivity index (χ2v) is 6.52. The van der Waals surface area contributed by atoms with Crippen molar-refractivity contribution in [2.45, 2.75) is 46.1 Å². The van der Waals surface area contributed by atoms with Crippen LogP contribution in [-0.2, 0) is 16.0 Å². The Hall–Kier alpha value is -1.84. The molecule has 1 aliphatic heterocycles. The van der Waals surface area contributed by atoms with E-state index in [-0.39, 0.29) is 17.7 Å². The quantitative estimate of drug-likeness (QED) is 0.930. The molecule has 1 unspecified atom stereocenters. The average Bonchev–Trinajstić information content (AvgIpc) is 2.39. The second-order valence-electron chi connectivity index (χ2n) is 6.52. The van der Waals surface area contributed by atoms with E-state index in [9.17, 15) is 14.7 Å². The van der Waals surface area contributed by atoms with E-state index in [2.05, 4.69) is 0 Å². The van der Waals surface area contributed by atoms with E-state index in [1.165, 1.54) is 0 Å². The Kier molecular flexibility index (Phi) is 4.35. The summed E-state index contributed by atoms with van der Waals surface area (Å²) in [4.78, 5) is 25.7. The molecule has 1 saturated heterocycles. The number of piperidine rings is 1. The molecule has 114 valence electrons. The molecule has 1 amide bonds. The summed E-state index contributed by atoms with van der Waals surface area (Å²) in [6, 6.07) is 7.01. The number of aryl methyl sites for hydroxylation is 1. The number of carboxylic acid groups (broad SMARTS) is 1. The molecule has 1 atom stereocenters. The van der Waals surface area contributed by atoms with Crippen LogP contribution in [-0.4, -0.2) is 34.5 Å². The van der Waals surface area contributed by atoms with Crippen molar-refractivity contribution in [3.8, 4) is 0 Å². The molecule has 0 radical (unpaired) electrons. The molecule has 1 aromatic rings. The lowest BCUT2D eigenvalue weighted by Gasteiger charge is -2.44. The van der Waals surface area contributed by atoms with Gasteiger partial charge in [0.2, 0.25) is 5.91 Å². The number of nitrogens with zero attached hydrogens (tertiary/aromatic N) is 1. The van der Waals surface area contributed by atoms with E-state index in [0.717, 1.165) is 24.0 Å². The first kappa shape index (κ1) is 15.5. The second kappa shape index (κ2) is 5.88. The molecule has 2 rings (SSSR count). The Morgan fingerprint density at radius 2 is 2.00 bits per heavy atom. The minimum Gasteiger partial charge on any atom is -0.480 e. The summed E-state index contributed by atoms with van der Waals surface area (Å²) < 4.78 is 0. The van der Waals surface area contributed by atoms with Gasteiger partial charge < -0.3 is 10.0 Å². The van der Waals surface area contributed by atoms with Gasteiger partial charge in [-0.15, -0.1) is 0 Å². The zero-order valence-electron chi connectivity index (χ0n) is 12.9. The summed E-state index contributed by atoms with van der Waals surface area (Å²) in [6.07, 6.45) is 1.96. The number of benzene rings is 1. The maximum atomic E-state index is 12.6. The highest BCUT2D eigenvalue weighted by Gasteiger charge is 2.44. The van der Waals surface area contributed by atoms with Crippen LogP contribution in [0.4, 0.5) is 0 Å². The van der Waals surface area contributed by atoms with Crippen molar-refractivity contribution in [1.29, 1.82) is 0 Å². The first-order valence-electron chi connectivity index (χ1n) is 7.40. The first-order chi connectivity index (χ1) is 9.83. The van der Waals surface area contributed by atoms with Crippen molar-refractivity contribution in [1.82, 2.24) is 4.90 Å². The van der Waals surface area contributed by atoms with Crippen molar-refractivity contribution in [2.75, 3.05) is 6.54 Å². The van der Waals surface area contributed by atoms with Gasteiger partial charge in [-0.1, -0.05) is 38.1 Å². The number of hydrogen-bond acceptors (Lipinski definition) is 2. The van der Waals surface area contributed by atoms with Crippen LogP contribution >= 0.6 is 0 Å². The van der Waals surface area contributed by atoms with E-state index >= 15 is 0 Å². The molecule has 4 heteroatoms. The highest BCUT2D eigenvalue weighted by atomic mass is 16.4. The third-order valence-corrected chi connectivity index (χ3v) is 4.43. The monoisotopic (exact) mass is 289 g/mol. The van der Waals surface area contributed by atoms with E-state index in [0.29, 0.717) is 6.54 Å². The topological polar surface area (TPSA) is 57.6 Å². The number of hydrogen-bond donors (Lipinski definition) is 1. The minimum absolute atomic E-state index is 0.0931. The van der Waals surface area contributed by atoms with Crippen molar-refractivity contribution in [2.24, 2.45) is 5.41 Å². The van der Waals surface area contributed by atoms with Crippen molar-refractivity contribution in [3.63, 3.8) is 0 Å². The van der Waals surface area contributed by atoms with Crippen LogP contribution in [0.25, 0.3) is 0 Å². The number of carbonyl (C=O) groups is 2. The van der Waals surface area contributed by atoms with Crippen LogP contribution in [0.15, 0.2) is 24.3 Å². The van der Waals surface area contributed by atoms with Crippen molar-refractivity contribution >= 4 is 11.9 Å². The lowest BCUT2D eigenvalue weighted by atomic mass is 9.76. The van der Waals surface area contributed by atoms with E-state index in [1.807, 2.05) is 45.0 Å². The third kappa shape index (κ3) is 3.26. The Balaban J connectivity index is 2.21. The number of likely N-dealkylation sites (tertiary alicyclic amines) is 1. The molecule has 21 heavy (non-hydrogen) atoms. The molecule has 1 fully saturated rings. The molecule has 4 nitrogen and oxygen atoms in total. The largest absolute Gasteiger partial charge is 0.480 e. The van der Waals surface area contributed by atoms with Gasteiger partial charge in [0.15, 0.2) is 0 Å². The molecular weight excluding hydrogens is 266 g/mol. The summed E-state index contributed by atoms with van der Waals surface area (Å²) in [5.74, 6) is -0.998. The lowest BCUT2D eigenvalue weighted by molar-refractivity contribution is -0.158. The molecule has 1 aromatic carbocycles. The zero-order chi connectivity index (χ0) is 15.6. The Morgan fingerprint density at radius 1 is 1.33 bits per heavy atom. The van der Waals surface area contributed by atoms with Crippen LogP contribution in [0.5, 0.6) is 0 Å². The third-order valence-electron chi connectivity index (χ3n) is 4.43. The molecular formula is C17H23NO3. The zero-order valence-corrected chi connectivity index (χ0v) is 12.9. The number of amides is 1. The van der Waals surface area contributed by atoms with Crippen molar-refractivity contribution in [3.05, 3.63) is 35.4 Å². The molecule has 0 bridgehead atoms. The standard InChI is InChI=1S/C17H23NO3/c1-12-7-4-5-8-13(12)11-14(19)18-10-6-9-17(2,3)15(18)16(20)21/h4-5,7-8,15H,6,9-11H2,1-3H3,(H,20,21). The molecule has 1 N–H and O–H groups in total. The Morgan fingerprint density at radius 3 is 2.62 bits per heavy atom. The van der Waals surface area contributed by atoms with Crippen molar-refractivity contribution < 1.29 is 14.7 Å². The fraction of sp³-hybridized carbons (Fsp3) is 0.529. The average molecular weight is 289 g/mol. The molecule has 1 heterocycles. The highest BCUT2D eigenvalue weighted by molar-refractivity contribution is 5.86. The van der Waals surface area contributed by atoms with Gasteiger partial charge in [-0.25, -0.2) is 4.79 Å². The van der Waals surface area contributed by atoms with Gasteiger partial charge in [0.25, 0.3) is 0 Å². The van der Waals surface area contributed by atoms with Gasteiger partial charge in [-0.3, -0.25) is 4.79 Å². The summed E-state index contributed by atoms with van der Waals surface area (Å²) in [7, 11) is 0. The van der Waals surface area contributed by atoms with E-state index < -0.39 is 12.0 Å². The summed E-state index contributed by atoms with van der Waals surface area (Å²) in [5.41, 5.74) is 1.65. The normalized spacial score (nSPS) is 21.1. The minimum atomic E-state index is -0.905. The number of carbonyl (C=O) groups excluding carboxylic acids is 1. The van der Waals surface area contributed by atoms with Gasteiger partial charge in [-0.05, 0) is 36.3 Å².